The number of carbonyl (C=O) groups is 2. The molecule has 1 atom stereocenters. The molecule has 0 saturated carbocycles. The Balaban J connectivity index is 2.26. The second-order valence-corrected chi connectivity index (χ2v) is 3.68. The maximum absolute atomic E-state index is 11.6. The quantitative estimate of drug-likeness (QED) is 0.431. The second-order valence-electron chi connectivity index (χ2n) is 3.68. The number of esters is 1. The Morgan fingerprint density at radius 1 is 1.23 bits per heavy atom. The highest BCUT2D eigenvalue weighted by Gasteiger charge is 2.51. The molecule has 1 spiro atoms. The van der Waals surface area contributed by atoms with Gasteiger partial charge in [-0.15, -0.1) is 0 Å². The zero-order valence-corrected chi connectivity index (χ0v) is 7.47. The number of carbonyl (C=O) groups excluding carboxylic acids is 2. The van der Waals surface area contributed by atoms with Crippen molar-refractivity contribution >= 4 is 11.9 Å². The zero-order valence-electron chi connectivity index (χ0n) is 7.47. The molecule has 2 aliphatic heterocycles. The lowest BCUT2D eigenvalue weighted by Crippen LogP contribution is -2.42. The van der Waals surface area contributed by atoms with E-state index in [1.807, 2.05) is 0 Å². The molecular weight excluding hydrogens is 170 g/mol. The number of amides is 1. The van der Waals surface area contributed by atoms with Crippen LogP contribution in [0.2, 0.25) is 0 Å². The van der Waals surface area contributed by atoms with Gasteiger partial charge in [0.15, 0.2) is 0 Å². The highest BCUT2D eigenvalue weighted by Crippen LogP contribution is 2.36. The highest BCUT2D eigenvalue weighted by molar-refractivity contribution is 6.03. The van der Waals surface area contributed by atoms with E-state index >= 15 is 0 Å². The molecule has 2 saturated heterocycles. The normalized spacial score (nSPS) is 34.2. The van der Waals surface area contributed by atoms with Gasteiger partial charge in [0.25, 0.3) is 0 Å². The van der Waals surface area contributed by atoms with Crippen LogP contribution in [0.3, 0.4) is 0 Å². The lowest BCUT2D eigenvalue weighted by Gasteiger charge is -2.19. The van der Waals surface area contributed by atoms with Crippen LogP contribution in [-0.4, -0.2) is 25.0 Å². The summed E-state index contributed by atoms with van der Waals surface area (Å²) < 4.78 is 4.87. The summed E-state index contributed by atoms with van der Waals surface area (Å²) in [6.07, 6.45) is 3.09. The summed E-state index contributed by atoms with van der Waals surface area (Å²) >= 11 is 0. The van der Waals surface area contributed by atoms with Gasteiger partial charge in [-0.3, -0.25) is 9.59 Å². The van der Waals surface area contributed by atoms with Crippen molar-refractivity contribution in [2.75, 3.05) is 13.2 Å². The Hall–Kier alpha value is -1.06. The summed E-state index contributed by atoms with van der Waals surface area (Å²) in [7, 11) is 0. The average Bonchev–Trinajstić information content (AvgIpc) is 2.36. The Labute approximate surface area is 76.6 Å². The smallest absolute Gasteiger partial charge is 0.321 e. The average molecular weight is 183 g/mol. The molecule has 0 bridgehead atoms. The fourth-order valence-electron chi connectivity index (χ4n) is 2.03. The predicted molar refractivity (Wildman–Crippen MR) is 44.9 cm³/mol. The van der Waals surface area contributed by atoms with Gasteiger partial charge in [0.05, 0.1) is 6.61 Å². The first-order chi connectivity index (χ1) is 6.26. The highest BCUT2D eigenvalue weighted by atomic mass is 16.5. The molecule has 2 aliphatic rings. The maximum Gasteiger partial charge on any atom is 0.321 e. The van der Waals surface area contributed by atoms with Gasteiger partial charge in [-0.2, -0.15) is 0 Å². The predicted octanol–water partition coefficient (Wildman–Crippen LogP) is 0.220. The first-order valence-corrected chi connectivity index (χ1v) is 4.71. The number of hydrogen-bond acceptors (Lipinski definition) is 3. The number of ether oxygens (including phenoxy) is 1. The summed E-state index contributed by atoms with van der Waals surface area (Å²) in [5, 5.41) is 2.77. The zero-order chi connectivity index (χ0) is 9.31. The third kappa shape index (κ3) is 1.20. The van der Waals surface area contributed by atoms with Gasteiger partial charge in [0.2, 0.25) is 5.91 Å². The van der Waals surface area contributed by atoms with E-state index in [0.29, 0.717) is 26.0 Å². The van der Waals surface area contributed by atoms with Gasteiger partial charge >= 0.3 is 5.97 Å². The Bertz CT molecular complexity index is 251. The van der Waals surface area contributed by atoms with Crippen LogP contribution < -0.4 is 5.32 Å². The van der Waals surface area contributed by atoms with Gasteiger partial charge in [-0.1, -0.05) is 6.42 Å². The molecule has 1 unspecified atom stereocenters. The van der Waals surface area contributed by atoms with Crippen LogP contribution in [0.1, 0.15) is 25.7 Å². The molecule has 0 radical (unpaired) electrons. The minimum absolute atomic E-state index is 0.132. The van der Waals surface area contributed by atoms with E-state index in [0.717, 1.165) is 12.8 Å². The summed E-state index contributed by atoms with van der Waals surface area (Å²) in [6.45, 7) is 1.08. The third-order valence-corrected chi connectivity index (χ3v) is 2.90. The largest absolute Gasteiger partial charge is 0.465 e. The van der Waals surface area contributed by atoms with Gasteiger partial charge in [0, 0.05) is 13.0 Å². The van der Waals surface area contributed by atoms with E-state index in [1.54, 1.807) is 0 Å². The van der Waals surface area contributed by atoms with Gasteiger partial charge in [0.1, 0.15) is 5.41 Å². The van der Waals surface area contributed by atoms with Crippen molar-refractivity contribution < 1.29 is 14.3 Å². The van der Waals surface area contributed by atoms with Crippen LogP contribution in [0.25, 0.3) is 0 Å². The second kappa shape index (κ2) is 3.01. The monoisotopic (exact) mass is 183 g/mol. The molecule has 0 aromatic rings. The minimum atomic E-state index is -0.837. The van der Waals surface area contributed by atoms with Crippen molar-refractivity contribution in [1.29, 1.82) is 0 Å². The first kappa shape index (κ1) is 8.53. The van der Waals surface area contributed by atoms with E-state index < -0.39 is 5.41 Å². The molecular formula is C9H13NO3. The fourth-order valence-corrected chi connectivity index (χ4v) is 2.03. The van der Waals surface area contributed by atoms with E-state index in [1.165, 1.54) is 0 Å². The summed E-state index contributed by atoms with van der Waals surface area (Å²) in [5.74, 6) is -0.459. The fraction of sp³-hybridized carbons (Fsp3) is 0.778. The van der Waals surface area contributed by atoms with Crippen molar-refractivity contribution in [3.8, 4) is 0 Å². The number of rotatable bonds is 0. The summed E-state index contributed by atoms with van der Waals surface area (Å²) in [5.41, 5.74) is -0.837. The molecule has 0 aromatic carbocycles. The third-order valence-electron chi connectivity index (χ3n) is 2.90. The van der Waals surface area contributed by atoms with Crippen molar-refractivity contribution in [3.05, 3.63) is 0 Å². The molecule has 4 heteroatoms. The Morgan fingerprint density at radius 3 is 2.77 bits per heavy atom. The molecule has 2 fully saturated rings. The van der Waals surface area contributed by atoms with Crippen molar-refractivity contribution in [3.63, 3.8) is 0 Å². The summed E-state index contributed by atoms with van der Waals surface area (Å²) in [4.78, 5) is 23.1. The Kier molecular flexibility index (Phi) is 1.98. The number of hydrogen-bond donors (Lipinski definition) is 1. The van der Waals surface area contributed by atoms with Crippen LogP contribution in [0, 0.1) is 5.41 Å². The molecule has 1 amide bonds. The molecule has 13 heavy (non-hydrogen) atoms. The van der Waals surface area contributed by atoms with Crippen LogP contribution in [0.4, 0.5) is 0 Å². The van der Waals surface area contributed by atoms with Gasteiger partial charge in [-0.05, 0) is 12.8 Å². The van der Waals surface area contributed by atoms with E-state index in [9.17, 15) is 9.59 Å². The van der Waals surface area contributed by atoms with Crippen LogP contribution in [0.5, 0.6) is 0 Å². The molecule has 2 rings (SSSR count). The van der Waals surface area contributed by atoms with Crippen molar-refractivity contribution in [2.24, 2.45) is 5.41 Å². The summed E-state index contributed by atoms with van der Waals surface area (Å²) in [6, 6.07) is 0. The van der Waals surface area contributed by atoms with E-state index in [-0.39, 0.29) is 11.9 Å². The lowest BCUT2D eigenvalue weighted by atomic mass is 9.81. The van der Waals surface area contributed by atoms with Crippen LogP contribution in [-0.2, 0) is 14.3 Å². The first-order valence-electron chi connectivity index (χ1n) is 4.71. The van der Waals surface area contributed by atoms with Gasteiger partial charge < -0.3 is 10.1 Å². The SMILES string of the molecule is O=C1NCCCCC12CCOC2=O. The molecule has 72 valence electrons. The molecule has 0 aliphatic carbocycles. The number of cyclic esters (lactones) is 1. The number of nitrogens with one attached hydrogen (secondary N) is 1. The topological polar surface area (TPSA) is 55.4 Å². The van der Waals surface area contributed by atoms with Crippen molar-refractivity contribution in [2.45, 2.75) is 25.7 Å². The molecule has 1 N–H and O–H groups in total. The Morgan fingerprint density at radius 2 is 2.08 bits per heavy atom. The van der Waals surface area contributed by atoms with E-state index in [4.69, 9.17) is 4.74 Å². The van der Waals surface area contributed by atoms with Crippen molar-refractivity contribution in [1.82, 2.24) is 5.32 Å². The minimum Gasteiger partial charge on any atom is -0.465 e. The van der Waals surface area contributed by atoms with Crippen LogP contribution in [0.15, 0.2) is 0 Å². The molecule has 0 aromatic heterocycles. The van der Waals surface area contributed by atoms with Crippen LogP contribution >= 0.6 is 0 Å². The maximum atomic E-state index is 11.6. The lowest BCUT2D eigenvalue weighted by molar-refractivity contribution is -0.152. The van der Waals surface area contributed by atoms with Gasteiger partial charge in [-0.25, -0.2) is 0 Å². The molecule has 2 heterocycles. The standard InChI is InChI=1S/C9H13NO3/c11-7-9(3-1-2-5-10-7)4-6-13-8(9)12/h1-6H2,(H,10,11). The molecule has 4 nitrogen and oxygen atoms in total. The van der Waals surface area contributed by atoms with E-state index in [2.05, 4.69) is 5.32 Å².